The van der Waals surface area contributed by atoms with E-state index < -0.39 is 0 Å². The van der Waals surface area contributed by atoms with Gasteiger partial charge in [-0.3, -0.25) is 0 Å². The van der Waals surface area contributed by atoms with E-state index >= 15 is 0 Å². The molecule has 0 aliphatic heterocycles. The Labute approximate surface area is 141 Å². The lowest BCUT2D eigenvalue weighted by Gasteiger charge is -2.08. The number of benzene rings is 2. The van der Waals surface area contributed by atoms with Crippen LogP contribution in [0.2, 0.25) is 5.02 Å². The fourth-order valence-corrected chi connectivity index (χ4v) is 2.52. The molecule has 0 bridgehead atoms. The molecular formula is C17H11ClN4O2. The number of para-hydroxylation sites is 2. The highest BCUT2D eigenvalue weighted by Crippen LogP contribution is 2.34. The summed E-state index contributed by atoms with van der Waals surface area (Å²) in [4.78, 5) is 8.36. The number of phenolic OH excluding ortho intramolecular Hbond substituents is 1. The Hall–Kier alpha value is -3.12. The topological polar surface area (TPSA) is 84.1 Å². The van der Waals surface area contributed by atoms with Gasteiger partial charge in [-0.15, -0.1) is 0 Å². The zero-order valence-corrected chi connectivity index (χ0v) is 13.0. The van der Waals surface area contributed by atoms with E-state index in [-0.39, 0.29) is 5.75 Å². The maximum absolute atomic E-state index is 9.95. The zero-order chi connectivity index (χ0) is 16.5. The molecule has 0 spiro atoms. The van der Waals surface area contributed by atoms with Gasteiger partial charge < -0.3 is 14.9 Å². The number of phenols is 1. The SMILES string of the molecule is Oc1ccccc1Nc1ncnc2onc(-c3ccc(Cl)cc3)c12. The molecule has 0 aliphatic rings. The quantitative estimate of drug-likeness (QED) is 0.539. The van der Waals surface area contributed by atoms with Crippen molar-refractivity contribution in [2.45, 2.75) is 0 Å². The predicted molar refractivity (Wildman–Crippen MR) is 91.4 cm³/mol. The molecular weight excluding hydrogens is 328 g/mol. The molecule has 118 valence electrons. The summed E-state index contributed by atoms with van der Waals surface area (Å²) in [5.74, 6) is 0.612. The van der Waals surface area contributed by atoms with Gasteiger partial charge in [-0.2, -0.15) is 4.98 Å². The van der Waals surface area contributed by atoms with Crippen molar-refractivity contribution < 1.29 is 9.63 Å². The highest BCUT2D eigenvalue weighted by Gasteiger charge is 2.17. The number of nitrogens with zero attached hydrogens (tertiary/aromatic N) is 3. The first-order valence-corrected chi connectivity index (χ1v) is 7.51. The second-order valence-electron chi connectivity index (χ2n) is 5.08. The summed E-state index contributed by atoms with van der Waals surface area (Å²) in [6, 6.07) is 14.1. The third kappa shape index (κ3) is 2.53. The van der Waals surface area contributed by atoms with E-state index in [2.05, 4.69) is 20.4 Å². The Morgan fingerprint density at radius 1 is 1.00 bits per heavy atom. The van der Waals surface area contributed by atoms with Crippen molar-refractivity contribution in [1.29, 1.82) is 0 Å². The molecule has 0 fully saturated rings. The van der Waals surface area contributed by atoms with Gasteiger partial charge in [0.1, 0.15) is 29.0 Å². The number of rotatable bonds is 3. The molecule has 0 amide bonds. The third-order valence-corrected chi connectivity index (χ3v) is 3.80. The van der Waals surface area contributed by atoms with Gasteiger partial charge in [0.05, 0.1) is 5.69 Å². The second-order valence-corrected chi connectivity index (χ2v) is 5.52. The number of aromatic hydroxyl groups is 1. The van der Waals surface area contributed by atoms with Gasteiger partial charge in [0.15, 0.2) is 0 Å². The summed E-state index contributed by atoms with van der Waals surface area (Å²) in [6.07, 6.45) is 1.38. The Kier molecular flexibility index (Phi) is 3.51. The number of halogens is 1. The number of aromatic nitrogens is 3. The molecule has 6 nitrogen and oxygen atoms in total. The molecule has 24 heavy (non-hydrogen) atoms. The standard InChI is InChI=1S/C17H11ClN4O2/c18-11-7-5-10(6-8-11)15-14-16(19-9-20-17(14)24-22-15)21-12-3-1-2-4-13(12)23/h1-9,23H,(H,19,20,21). The maximum Gasteiger partial charge on any atom is 0.263 e. The van der Waals surface area contributed by atoms with Crippen molar-refractivity contribution in [2.24, 2.45) is 0 Å². The summed E-state index contributed by atoms with van der Waals surface area (Å²) < 4.78 is 5.31. The van der Waals surface area contributed by atoms with Crippen molar-refractivity contribution in [3.63, 3.8) is 0 Å². The van der Waals surface area contributed by atoms with Crippen LogP contribution in [0.25, 0.3) is 22.4 Å². The Balaban J connectivity index is 1.86. The number of nitrogens with one attached hydrogen (secondary N) is 1. The number of hydrogen-bond acceptors (Lipinski definition) is 6. The predicted octanol–water partition coefficient (Wildman–Crippen LogP) is 4.39. The monoisotopic (exact) mass is 338 g/mol. The number of hydrogen-bond donors (Lipinski definition) is 2. The van der Waals surface area contributed by atoms with Crippen LogP contribution in [-0.2, 0) is 0 Å². The van der Waals surface area contributed by atoms with Crippen LogP contribution in [0.4, 0.5) is 11.5 Å². The van der Waals surface area contributed by atoms with E-state index in [9.17, 15) is 5.11 Å². The van der Waals surface area contributed by atoms with Crippen LogP contribution in [0.15, 0.2) is 59.4 Å². The van der Waals surface area contributed by atoms with E-state index in [4.69, 9.17) is 16.1 Å². The lowest BCUT2D eigenvalue weighted by Crippen LogP contribution is -1.96. The molecule has 0 aliphatic carbocycles. The highest BCUT2D eigenvalue weighted by molar-refractivity contribution is 6.30. The average molecular weight is 339 g/mol. The largest absolute Gasteiger partial charge is 0.506 e. The van der Waals surface area contributed by atoms with E-state index in [1.54, 1.807) is 30.3 Å². The molecule has 7 heteroatoms. The lowest BCUT2D eigenvalue weighted by atomic mass is 10.1. The van der Waals surface area contributed by atoms with Crippen LogP contribution in [0, 0.1) is 0 Å². The summed E-state index contributed by atoms with van der Waals surface area (Å²) in [6.45, 7) is 0. The normalized spacial score (nSPS) is 10.9. The van der Waals surface area contributed by atoms with Crippen LogP contribution in [0.1, 0.15) is 0 Å². The highest BCUT2D eigenvalue weighted by atomic mass is 35.5. The van der Waals surface area contributed by atoms with Crippen molar-refractivity contribution >= 4 is 34.2 Å². The minimum absolute atomic E-state index is 0.119. The van der Waals surface area contributed by atoms with E-state index in [0.717, 1.165) is 5.56 Å². The number of fused-ring (bicyclic) bond motifs is 1. The molecule has 0 radical (unpaired) electrons. The molecule has 4 rings (SSSR count). The smallest absolute Gasteiger partial charge is 0.263 e. The van der Waals surface area contributed by atoms with Crippen LogP contribution < -0.4 is 5.32 Å². The van der Waals surface area contributed by atoms with Crippen LogP contribution in [-0.4, -0.2) is 20.2 Å². The summed E-state index contributed by atoms with van der Waals surface area (Å²) in [5.41, 5.74) is 2.31. The van der Waals surface area contributed by atoms with Gasteiger partial charge in [-0.25, -0.2) is 4.98 Å². The third-order valence-electron chi connectivity index (χ3n) is 3.55. The molecule has 0 unspecified atom stereocenters. The molecule has 0 atom stereocenters. The van der Waals surface area contributed by atoms with Crippen molar-refractivity contribution in [2.75, 3.05) is 5.32 Å². The molecule has 2 aromatic heterocycles. The molecule has 2 N–H and O–H groups in total. The van der Waals surface area contributed by atoms with Crippen molar-refractivity contribution in [1.82, 2.24) is 15.1 Å². The molecule has 0 saturated heterocycles. The van der Waals surface area contributed by atoms with Crippen LogP contribution in [0.3, 0.4) is 0 Å². The molecule has 4 aromatic rings. The van der Waals surface area contributed by atoms with E-state index in [1.807, 2.05) is 18.2 Å². The first kappa shape index (κ1) is 14.5. The van der Waals surface area contributed by atoms with Gasteiger partial charge in [0.2, 0.25) is 0 Å². The number of anilines is 2. The van der Waals surface area contributed by atoms with Gasteiger partial charge in [-0.1, -0.05) is 41.0 Å². The Bertz CT molecular complexity index is 1010. The summed E-state index contributed by atoms with van der Waals surface area (Å²) in [5, 5.41) is 18.4. The Morgan fingerprint density at radius 3 is 2.58 bits per heavy atom. The minimum Gasteiger partial charge on any atom is -0.506 e. The zero-order valence-electron chi connectivity index (χ0n) is 12.3. The van der Waals surface area contributed by atoms with Gasteiger partial charge >= 0.3 is 0 Å². The maximum atomic E-state index is 9.95. The molecule has 0 saturated carbocycles. The van der Waals surface area contributed by atoms with Crippen molar-refractivity contribution in [3.05, 3.63) is 59.9 Å². The van der Waals surface area contributed by atoms with Crippen LogP contribution in [0.5, 0.6) is 5.75 Å². The first-order chi connectivity index (χ1) is 11.7. The van der Waals surface area contributed by atoms with Gasteiger partial charge in [0, 0.05) is 10.6 Å². The first-order valence-electron chi connectivity index (χ1n) is 7.14. The molecule has 2 aromatic carbocycles. The average Bonchev–Trinajstić information content (AvgIpc) is 3.03. The summed E-state index contributed by atoms with van der Waals surface area (Å²) in [7, 11) is 0. The minimum atomic E-state index is 0.119. The van der Waals surface area contributed by atoms with E-state index in [1.165, 1.54) is 6.33 Å². The van der Waals surface area contributed by atoms with Gasteiger partial charge in [-0.05, 0) is 24.3 Å². The van der Waals surface area contributed by atoms with Crippen molar-refractivity contribution in [3.8, 4) is 17.0 Å². The molecule has 2 heterocycles. The summed E-state index contributed by atoms with van der Waals surface area (Å²) >= 11 is 5.94. The fraction of sp³-hybridized carbons (Fsp3) is 0. The van der Waals surface area contributed by atoms with Gasteiger partial charge in [0.25, 0.3) is 5.71 Å². The fourth-order valence-electron chi connectivity index (χ4n) is 2.39. The van der Waals surface area contributed by atoms with E-state index in [0.29, 0.717) is 33.3 Å². The lowest BCUT2D eigenvalue weighted by molar-refractivity contribution is 0.451. The van der Waals surface area contributed by atoms with Crippen LogP contribution >= 0.6 is 11.6 Å². The Morgan fingerprint density at radius 2 is 1.79 bits per heavy atom. The second kappa shape index (κ2) is 5.82.